The molecule has 1 fully saturated rings. The standard InChI is InChI=1S/C21H25N3O4S/c1-29(27,28)23-17-10-8-9-16(15-17)20(25)22-19-12-5-4-11-18(19)21(26)24-13-6-2-3-7-14-24/h4-5,8-12,15,23H,2-3,6-7,13-14H2,1H3,(H,22,25). The second-order valence-electron chi connectivity index (χ2n) is 7.16. The van der Waals surface area contributed by atoms with Crippen LogP contribution in [0.3, 0.4) is 0 Å². The first-order valence-electron chi connectivity index (χ1n) is 9.61. The third-order valence-corrected chi connectivity index (χ3v) is 5.33. The van der Waals surface area contributed by atoms with Gasteiger partial charge in [0.05, 0.1) is 17.5 Å². The molecule has 0 atom stereocenters. The molecule has 1 aliphatic heterocycles. The first kappa shape index (κ1) is 20.9. The van der Waals surface area contributed by atoms with E-state index >= 15 is 0 Å². The number of anilines is 2. The van der Waals surface area contributed by atoms with Crippen LogP contribution in [0.15, 0.2) is 48.5 Å². The Morgan fingerprint density at radius 1 is 0.931 bits per heavy atom. The maximum absolute atomic E-state index is 13.0. The third-order valence-electron chi connectivity index (χ3n) is 4.73. The summed E-state index contributed by atoms with van der Waals surface area (Å²) in [5.74, 6) is -0.506. The van der Waals surface area contributed by atoms with E-state index in [4.69, 9.17) is 0 Å². The van der Waals surface area contributed by atoms with Crippen LogP contribution in [0.1, 0.15) is 46.4 Å². The molecule has 0 bridgehead atoms. The molecule has 1 aliphatic rings. The van der Waals surface area contributed by atoms with Crippen molar-refractivity contribution in [2.45, 2.75) is 25.7 Å². The number of sulfonamides is 1. The van der Waals surface area contributed by atoms with Gasteiger partial charge < -0.3 is 10.2 Å². The highest BCUT2D eigenvalue weighted by atomic mass is 32.2. The second kappa shape index (κ2) is 9.09. The molecule has 0 aromatic heterocycles. The molecule has 154 valence electrons. The smallest absolute Gasteiger partial charge is 0.255 e. The van der Waals surface area contributed by atoms with Crippen LogP contribution in [0.5, 0.6) is 0 Å². The van der Waals surface area contributed by atoms with Crippen molar-refractivity contribution in [3.05, 3.63) is 59.7 Å². The number of nitrogens with one attached hydrogen (secondary N) is 2. The summed E-state index contributed by atoms with van der Waals surface area (Å²) >= 11 is 0. The van der Waals surface area contributed by atoms with Gasteiger partial charge >= 0.3 is 0 Å². The number of para-hydroxylation sites is 1. The van der Waals surface area contributed by atoms with Crippen LogP contribution in [-0.4, -0.2) is 44.5 Å². The lowest BCUT2D eigenvalue weighted by Crippen LogP contribution is -2.32. The van der Waals surface area contributed by atoms with Crippen molar-refractivity contribution in [3.8, 4) is 0 Å². The SMILES string of the molecule is CS(=O)(=O)Nc1cccc(C(=O)Nc2ccccc2C(=O)N2CCCCCC2)c1. The van der Waals surface area contributed by atoms with Crippen molar-refractivity contribution in [2.24, 2.45) is 0 Å². The zero-order valence-electron chi connectivity index (χ0n) is 16.3. The largest absolute Gasteiger partial charge is 0.339 e. The third kappa shape index (κ3) is 5.80. The molecule has 8 heteroatoms. The van der Waals surface area contributed by atoms with Crippen LogP contribution in [0.2, 0.25) is 0 Å². The maximum atomic E-state index is 13.0. The Morgan fingerprint density at radius 2 is 1.62 bits per heavy atom. The van der Waals surface area contributed by atoms with Gasteiger partial charge in [0.15, 0.2) is 0 Å². The van der Waals surface area contributed by atoms with Crippen LogP contribution in [0.4, 0.5) is 11.4 Å². The Morgan fingerprint density at radius 3 is 2.31 bits per heavy atom. The van der Waals surface area contributed by atoms with Gasteiger partial charge in [-0.25, -0.2) is 8.42 Å². The quantitative estimate of drug-likeness (QED) is 0.783. The summed E-state index contributed by atoms with van der Waals surface area (Å²) < 4.78 is 25.2. The van der Waals surface area contributed by atoms with Gasteiger partial charge in [-0.1, -0.05) is 31.0 Å². The molecule has 7 nitrogen and oxygen atoms in total. The molecular weight excluding hydrogens is 390 g/mol. The molecule has 0 spiro atoms. The monoisotopic (exact) mass is 415 g/mol. The van der Waals surface area contributed by atoms with Gasteiger partial charge in [-0.15, -0.1) is 0 Å². The summed E-state index contributed by atoms with van der Waals surface area (Å²) in [4.78, 5) is 27.6. The Kier molecular flexibility index (Phi) is 6.53. The molecule has 1 heterocycles. The number of hydrogen-bond donors (Lipinski definition) is 2. The second-order valence-corrected chi connectivity index (χ2v) is 8.91. The Labute approximate surface area is 171 Å². The number of nitrogens with zero attached hydrogens (tertiary/aromatic N) is 1. The summed E-state index contributed by atoms with van der Waals surface area (Å²) in [5, 5.41) is 2.79. The Balaban J connectivity index is 1.79. The molecule has 1 saturated heterocycles. The molecule has 2 N–H and O–H groups in total. The summed E-state index contributed by atoms with van der Waals surface area (Å²) in [6, 6.07) is 13.1. The predicted molar refractivity (Wildman–Crippen MR) is 114 cm³/mol. The summed E-state index contributed by atoms with van der Waals surface area (Å²) in [6.45, 7) is 1.45. The zero-order valence-corrected chi connectivity index (χ0v) is 17.2. The van der Waals surface area contributed by atoms with Crippen molar-refractivity contribution >= 4 is 33.2 Å². The normalized spacial score (nSPS) is 14.7. The van der Waals surface area contributed by atoms with Crippen molar-refractivity contribution < 1.29 is 18.0 Å². The zero-order chi connectivity index (χ0) is 20.9. The van der Waals surface area contributed by atoms with Gasteiger partial charge in [0.2, 0.25) is 10.0 Å². The van der Waals surface area contributed by atoms with Crippen LogP contribution in [0, 0.1) is 0 Å². The summed E-state index contributed by atoms with van der Waals surface area (Å²) in [7, 11) is -3.44. The summed E-state index contributed by atoms with van der Waals surface area (Å²) in [6.07, 6.45) is 5.27. The molecule has 0 unspecified atom stereocenters. The van der Waals surface area contributed by atoms with Crippen molar-refractivity contribution in [2.75, 3.05) is 29.4 Å². The van der Waals surface area contributed by atoms with Gasteiger partial charge in [0.25, 0.3) is 11.8 Å². The van der Waals surface area contributed by atoms with Gasteiger partial charge in [-0.05, 0) is 43.2 Å². The summed E-state index contributed by atoms with van der Waals surface area (Å²) in [5.41, 5.74) is 1.48. The number of carbonyl (C=O) groups is 2. The molecular formula is C21H25N3O4S. The number of likely N-dealkylation sites (tertiary alicyclic amines) is 1. The molecule has 3 rings (SSSR count). The lowest BCUT2D eigenvalue weighted by molar-refractivity contribution is 0.0762. The highest BCUT2D eigenvalue weighted by Gasteiger charge is 2.21. The number of amides is 2. The highest BCUT2D eigenvalue weighted by Crippen LogP contribution is 2.21. The minimum Gasteiger partial charge on any atom is -0.339 e. The van der Waals surface area contributed by atoms with Gasteiger partial charge in [0.1, 0.15) is 0 Å². The molecule has 2 aromatic carbocycles. The predicted octanol–water partition coefficient (Wildman–Crippen LogP) is 3.33. The van der Waals surface area contributed by atoms with Crippen LogP contribution in [-0.2, 0) is 10.0 Å². The minimum atomic E-state index is -3.44. The number of hydrogen-bond acceptors (Lipinski definition) is 4. The maximum Gasteiger partial charge on any atom is 0.255 e. The average molecular weight is 416 g/mol. The number of carbonyl (C=O) groups excluding carboxylic acids is 2. The molecule has 0 radical (unpaired) electrons. The van der Waals surface area contributed by atoms with E-state index in [1.165, 1.54) is 6.07 Å². The van der Waals surface area contributed by atoms with E-state index in [2.05, 4.69) is 10.0 Å². The topological polar surface area (TPSA) is 95.6 Å². The first-order chi connectivity index (χ1) is 13.8. The minimum absolute atomic E-state index is 0.0877. The van der Waals surface area contributed by atoms with Gasteiger partial charge in [0, 0.05) is 24.3 Å². The number of rotatable bonds is 5. The molecule has 0 aliphatic carbocycles. The molecule has 2 amide bonds. The van der Waals surface area contributed by atoms with E-state index in [9.17, 15) is 18.0 Å². The van der Waals surface area contributed by atoms with Crippen LogP contribution < -0.4 is 10.0 Å². The first-order valence-corrected chi connectivity index (χ1v) is 11.5. The number of benzene rings is 2. The van der Waals surface area contributed by atoms with Crippen LogP contribution >= 0.6 is 0 Å². The van der Waals surface area contributed by atoms with E-state index in [0.717, 1.165) is 45.0 Å². The van der Waals surface area contributed by atoms with Crippen molar-refractivity contribution in [1.29, 1.82) is 0 Å². The molecule has 29 heavy (non-hydrogen) atoms. The molecule has 0 saturated carbocycles. The fraction of sp³-hybridized carbons (Fsp3) is 0.333. The highest BCUT2D eigenvalue weighted by molar-refractivity contribution is 7.92. The van der Waals surface area contributed by atoms with E-state index < -0.39 is 15.9 Å². The lowest BCUT2D eigenvalue weighted by atomic mass is 10.1. The Bertz CT molecular complexity index is 996. The van der Waals surface area contributed by atoms with E-state index in [0.29, 0.717) is 16.9 Å². The van der Waals surface area contributed by atoms with Crippen molar-refractivity contribution in [1.82, 2.24) is 4.90 Å². The van der Waals surface area contributed by atoms with Gasteiger partial charge in [-0.2, -0.15) is 0 Å². The fourth-order valence-corrected chi connectivity index (χ4v) is 3.91. The average Bonchev–Trinajstić information content (AvgIpc) is 2.96. The van der Waals surface area contributed by atoms with Gasteiger partial charge in [-0.3, -0.25) is 14.3 Å². The van der Waals surface area contributed by atoms with E-state index in [1.807, 2.05) is 4.90 Å². The van der Waals surface area contributed by atoms with E-state index in [1.54, 1.807) is 42.5 Å². The Hall–Kier alpha value is -2.87. The van der Waals surface area contributed by atoms with Crippen LogP contribution in [0.25, 0.3) is 0 Å². The molecule has 2 aromatic rings. The van der Waals surface area contributed by atoms with Crippen molar-refractivity contribution in [3.63, 3.8) is 0 Å². The lowest BCUT2D eigenvalue weighted by Gasteiger charge is -2.22. The van der Waals surface area contributed by atoms with E-state index in [-0.39, 0.29) is 11.5 Å². The fourth-order valence-electron chi connectivity index (χ4n) is 3.36.